The average molecular weight is 190 g/mol. The standard InChI is InChI=1S/C11H10O3/c1-7(13)9-2-8(5-12)3-10(4-9)11-6-14-11/h2-5,11H,6H2,1H3. The Morgan fingerprint density at radius 3 is 2.71 bits per heavy atom. The van der Waals surface area contributed by atoms with E-state index in [1.165, 1.54) is 6.92 Å². The van der Waals surface area contributed by atoms with Gasteiger partial charge in [0, 0.05) is 11.1 Å². The van der Waals surface area contributed by atoms with Crippen LogP contribution in [-0.2, 0) is 4.74 Å². The third-order valence-electron chi connectivity index (χ3n) is 2.23. The number of rotatable bonds is 3. The lowest BCUT2D eigenvalue weighted by Gasteiger charge is -2.01. The summed E-state index contributed by atoms with van der Waals surface area (Å²) in [6.07, 6.45) is 0.825. The van der Waals surface area contributed by atoms with Gasteiger partial charge in [-0.15, -0.1) is 0 Å². The highest BCUT2D eigenvalue weighted by Gasteiger charge is 2.25. The van der Waals surface area contributed by atoms with Crippen molar-refractivity contribution in [1.29, 1.82) is 0 Å². The number of hydrogen-bond donors (Lipinski definition) is 0. The summed E-state index contributed by atoms with van der Waals surface area (Å²) in [7, 11) is 0. The molecule has 3 nitrogen and oxygen atoms in total. The normalized spacial score (nSPS) is 19.1. The zero-order valence-electron chi connectivity index (χ0n) is 7.82. The second-order valence-corrected chi connectivity index (χ2v) is 3.38. The molecule has 0 aliphatic carbocycles. The van der Waals surface area contributed by atoms with Crippen molar-refractivity contribution in [2.45, 2.75) is 13.0 Å². The van der Waals surface area contributed by atoms with E-state index in [-0.39, 0.29) is 11.9 Å². The molecule has 0 amide bonds. The fraction of sp³-hybridized carbons (Fsp3) is 0.273. The van der Waals surface area contributed by atoms with Crippen LogP contribution in [0.1, 0.15) is 39.3 Å². The average Bonchev–Trinajstić information content (AvgIpc) is 3.00. The highest BCUT2D eigenvalue weighted by atomic mass is 16.6. The van der Waals surface area contributed by atoms with E-state index in [9.17, 15) is 9.59 Å². The van der Waals surface area contributed by atoms with Crippen LogP contribution in [0.2, 0.25) is 0 Å². The first kappa shape index (κ1) is 9.09. The maximum Gasteiger partial charge on any atom is 0.159 e. The molecule has 1 fully saturated rings. The quantitative estimate of drug-likeness (QED) is 0.414. The Morgan fingerprint density at radius 2 is 2.21 bits per heavy atom. The monoisotopic (exact) mass is 190 g/mol. The van der Waals surface area contributed by atoms with Gasteiger partial charge in [-0.3, -0.25) is 9.59 Å². The minimum Gasteiger partial charge on any atom is -0.368 e. The first-order valence-corrected chi connectivity index (χ1v) is 4.43. The minimum atomic E-state index is -0.0319. The summed E-state index contributed by atoms with van der Waals surface area (Å²) in [5, 5.41) is 0. The van der Waals surface area contributed by atoms with E-state index < -0.39 is 0 Å². The van der Waals surface area contributed by atoms with E-state index in [4.69, 9.17) is 4.74 Å². The number of ether oxygens (including phenoxy) is 1. The highest BCUT2D eigenvalue weighted by Crippen LogP contribution is 2.30. The van der Waals surface area contributed by atoms with Crippen LogP contribution < -0.4 is 0 Å². The number of ketones is 1. The van der Waals surface area contributed by atoms with E-state index in [1.807, 2.05) is 0 Å². The predicted octanol–water partition coefficient (Wildman–Crippen LogP) is 1.77. The van der Waals surface area contributed by atoms with Crippen LogP contribution in [0, 0.1) is 0 Å². The number of benzene rings is 1. The zero-order chi connectivity index (χ0) is 10.1. The smallest absolute Gasteiger partial charge is 0.159 e. The van der Waals surface area contributed by atoms with Crippen molar-refractivity contribution in [3.05, 3.63) is 34.9 Å². The van der Waals surface area contributed by atoms with E-state index >= 15 is 0 Å². The van der Waals surface area contributed by atoms with Crippen LogP contribution in [0.5, 0.6) is 0 Å². The molecular weight excluding hydrogens is 180 g/mol. The molecule has 72 valence electrons. The summed E-state index contributed by atoms with van der Waals surface area (Å²) in [6, 6.07) is 5.14. The molecule has 0 saturated carbocycles. The molecule has 1 aromatic carbocycles. The van der Waals surface area contributed by atoms with Crippen molar-refractivity contribution in [1.82, 2.24) is 0 Å². The molecular formula is C11H10O3. The lowest BCUT2D eigenvalue weighted by atomic mass is 10.0. The van der Waals surface area contributed by atoms with Gasteiger partial charge in [0.25, 0.3) is 0 Å². The molecule has 0 spiro atoms. The second kappa shape index (κ2) is 3.35. The summed E-state index contributed by atoms with van der Waals surface area (Å²) >= 11 is 0. The summed E-state index contributed by atoms with van der Waals surface area (Å²) in [6.45, 7) is 2.17. The summed E-state index contributed by atoms with van der Waals surface area (Å²) < 4.78 is 5.10. The van der Waals surface area contributed by atoms with Gasteiger partial charge >= 0.3 is 0 Å². The Kier molecular flexibility index (Phi) is 2.17. The molecule has 0 bridgehead atoms. The molecule has 1 aliphatic rings. The molecule has 0 radical (unpaired) electrons. The Balaban J connectivity index is 2.45. The lowest BCUT2D eigenvalue weighted by Crippen LogP contribution is -1.96. The Bertz CT molecular complexity index is 392. The van der Waals surface area contributed by atoms with E-state index in [0.717, 1.165) is 11.8 Å². The van der Waals surface area contributed by atoms with Crippen LogP contribution in [0.3, 0.4) is 0 Å². The van der Waals surface area contributed by atoms with Gasteiger partial charge in [-0.05, 0) is 30.7 Å². The van der Waals surface area contributed by atoms with Crippen LogP contribution in [0.25, 0.3) is 0 Å². The fourth-order valence-electron chi connectivity index (χ4n) is 1.37. The third kappa shape index (κ3) is 1.72. The number of hydrogen-bond acceptors (Lipinski definition) is 3. The summed E-state index contributed by atoms with van der Waals surface area (Å²) in [4.78, 5) is 21.8. The SMILES string of the molecule is CC(=O)c1cc(C=O)cc(C2CO2)c1. The van der Waals surface area contributed by atoms with Crippen molar-refractivity contribution >= 4 is 12.1 Å². The molecule has 2 rings (SSSR count). The summed E-state index contributed by atoms with van der Waals surface area (Å²) in [5.41, 5.74) is 2.02. The number of carbonyl (C=O) groups is 2. The maximum atomic E-state index is 11.2. The van der Waals surface area contributed by atoms with Crippen molar-refractivity contribution in [2.75, 3.05) is 6.61 Å². The van der Waals surface area contributed by atoms with E-state index in [2.05, 4.69) is 0 Å². The Hall–Kier alpha value is -1.48. The van der Waals surface area contributed by atoms with Gasteiger partial charge in [0.2, 0.25) is 0 Å². The lowest BCUT2D eigenvalue weighted by molar-refractivity contribution is 0.101. The van der Waals surface area contributed by atoms with Gasteiger partial charge in [-0.25, -0.2) is 0 Å². The first-order valence-electron chi connectivity index (χ1n) is 4.43. The Labute approximate surface area is 81.7 Å². The molecule has 1 unspecified atom stereocenters. The number of epoxide rings is 1. The van der Waals surface area contributed by atoms with Crippen molar-refractivity contribution in [2.24, 2.45) is 0 Å². The van der Waals surface area contributed by atoms with Crippen LogP contribution in [0.15, 0.2) is 18.2 Å². The van der Waals surface area contributed by atoms with E-state index in [0.29, 0.717) is 17.7 Å². The molecule has 1 atom stereocenters. The highest BCUT2D eigenvalue weighted by molar-refractivity contribution is 5.96. The zero-order valence-corrected chi connectivity index (χ0v) is 7.82. The van der Waals surface area contributed by atoms with E-state index in [1.54, 1.807) is 18.2 Å². The maximum absolute atomic E-state index is 11.2. The molecule has 14 heavy (non-hydrogen) atoms. The van der Waals surface area contributed by atoms with Crippen LogP contribution in [-0.4, -0.2) is 18.7 Å². The second-order valence-electron chi connectivity index (χ2n) is 3.38. The first-order chi connectivity index (χ1) is 6.70. The molecule has 1 saturated heterocycles. The van der Waals surface area contributed by atoms with Gasteiger partial charge < -0.3 is 4.74 Å². The van der Waals surface area contributed by atoms with Crippen molar-refractivity contribution in [3.63, 3.8) is 0 Å². The van der Waals surface area contributed by atoms with Crippen molar-refractivity contribution in [3.8, 4) is 0 Å². The van der Waals surface area contributed by atoms with Gasteiger partial charge in [0.05, 0.1) is 6.61 Å². The summed E-state index contributed by atoms with van der Waals surface area (Å²) in [5.74, 6) is -0.0319. The third-order valence-corrected chi connectivity index (χ3v) is 2.23. The molecule has 1 heterocycles. The van der Waals surface area contributed by atoms with Crippen molar-refractivity contribution < 1.29 is 14.3 Å². The van der Waals surface area contributed by atoms with Gasteiger partial charge in [0.1, 0.15) is 12.4 Å². The number of aldehydes is 1. The minimum absolute atomic E-state index is 0.0319. The largest absolute Gasteiger partial charge is 0.368 e. The molecule has 1 aromatic rings. The number of carbonyl (C=O) groups excluding carboxylic acids is 2. The van der Waals surface area contributed by atoms with Crippen LogP contribution >= 0.6 is 0 Å². The molecule has 0 N–H and O–H groups in total. The fourth-order valence-corrected chi connectivity index (χ4v) is 1.37. The molecule has 1 aliphatic heterocycles. The predicted molar refractivity (Wildman–Crippen MR) is 50.5 cm³/mol. The molecule has 3 heteroatoms. The van der Waals surface area contributed by atoms with Crippen LogP contribution in [0.4, 0.5) is 0 Å². The van der Waals surface area contributed by atoms with Gasteiger partial charge in [-0.1, -0.05) is 0 Å². The molecule has 0 aromatic heterocycles. The Morgan fingerprint density at radius 1 is 1.50 bits per heavy atom. The topological polar surface area (TPSA) is 46.7 Å². The van der Waals surface area contributed by atoms with Gasteiger partial charge in [0.15, 0.2) is 5.78 Å². The number of Topliss-reactive ketones (excluding diaryl/α,β-unsaturated/α-hetero) is 1. The van der Waals surface area contributed by atoms with Gasteiger partial charge in [-0.2, -0.15) is 0 Å².